The maximum absolute atomic E-state index is 12.7. The van der Waals surface area contributed by atoms with Gasteiger partial charge in [-0.3, -0.25) is 14.7 Å². The Morgan fingerprint density at radius 1 is 1.43 bits per heavy atom. The Bertz CT molecular complexity index is 527. The number of likely N-dealkylation sites (tertiary alicyclic amines) is 2. The second-order valence-electron chi connectivity index (χ2n) is 5.99. The van der Waals surface area contributed by atoms with Gasteiger partial charge in [-0.15, -0.1) is 0 Å². The van der Waals surface area contributed by atoms with Gasteiger partial charge in [0.15, 0.2) is 0 Å². The van der Waals surface area contributed by atoms with E-state index in [4.69, 9.17) is 0 Å². The lowest BCUT2D eigenvalue weighted by Gasteiger charge is -2.39. The third-order valence-corrected chi connectivity index (χ3v) is 4.58. The summed E-state index contributed by atoms with van der Waals surface area (Å²) in [5.74, 6) is 0.314. The van der Waals surface area contributed by atoms with Gasteiger partial charge in [-0.05, 0) is 25.7 Å². The van der Waals surface area contributed by atoms with Crippen molar-refractivity contribution in [2.24, 2.45) is 5.41 Å². The number of amides is 2. The molecule has 2 fully saturated rings. The van der Waals surface area contributed by atoms with E-state index in [1.54, 1.807) is 4.90 Å². The number of piperidine rings is 1. The maximum atomic E-state index is 12.7. The largest absolute Gasteiger partial charge is 0.342 e. The molecule has 3 heterocycles. The molecule has 0 unspecified atom stereocenters. The number of carbonyl (C=O) groups is 2. The molecule has 21 heavy (non-hydrogen) atoms. The van der Waals surface area contributed by atoms with Gasteiger partial charge < -0.3 is 9.80 Å². The van der Waals surface area contributed by atoms with Crippen LogP contribution in [-0.2, 0) is 4.79 Å². The Balaban J connectivity index is 1.73. The Kier molecular flexibility index (Phi) is 3.65. The minimum absolute atomic E-state index is 0.162. The second kappa shape index (κ2) is 5.46. The van der Waals surface area contributed by atoms with Gasteiger partial charge in [0.1, 0.15) is 6.33 Å². The average molecular weight is 291 g/mol. The Morgan fingerprint density at radius 3 is 3.00 bits per heavy atom. The van der Waals surface area contributed by atoms with Crippen LogP contribution in [-0.4, -0.2) is 63.0 Å². The van der Waals surface area contributed by atoms with E-state index in [2.05, 4.69) is 22.1 Å². The topological polar surface area (TPSA) is 82.2 Å². The van der Waals surface area contributed by atoms with Gasteiger partial charge in [-0.2, -0.15) is 5.10 Å². The number of nitrogens with one attached hydrogen (secondary N) is 1. The van der Waals surface area contributed by atoms with Crippen molar-refractivity contribution in [2.45, 2.75) is 32.6 Å². The summed E-state index contributed by atoms with van der Waals surface area (Å²) in [5, 5.41) is 6.31. The zero-order valence-corrected chi connectivity index (χ0v) is 12.3. The van der Waals surface area contributed by atoms with E-state index in [9.17, 15) is 9.59 Å². The lowest BCUT2D eigenvalue weighted by Crippen LogP contribution is -2.50. The number of carbonyl (C=O) groups excluding carboxylic acids is 2. The summed E-state index contributed by atoms with van der Waals surface area (Å²) in [5.41, 5.74) is -0.372. The minimum atomic E-state index is -0.372. The van der Waals surface area contributed by atoms with E-state index in [-0.39, 0.29) is 23.1 Å². The first-order chi connectivity index (χ1) is 10.2. The van der Waals surface area contributed by atoms with Crippen molar-refractivity contribution in [1.82, 2.24) is 25.0 Å². The quantitative estimate of drug-likeness (QED) is 0.887. The maximum Gasteiger partial charge on any atom is 0.291 e. The predicted molar refractivity (Wildman–Crippen MR) is 75.4 cm³/mol. The highest BCUT2D eigenvalue weighted by Crippen LogP contribution is 2.40. The molecule has 1 aromatic rings. The standard InChI is InChI=1S/C14H21N5O2/c1-2-6-18-7-3-4-14(13(18)21)5-8-19(9-14)12(20)11-15-10-16-17-11/h10H,2-9H2,1H3,(H,15,16,17)/t14-/m0/s1. The summed E-state index contributed by atoms with van der Waals surface area (Å²) in [6.45, 7) is 4.88. The van der Waals surface area contributed by atoms with Crippen LogP contribution >= 0.6 is 0 Å². The number of H-pyrrole nitrogens is 1. The molecule has 0 bridgehead atoms. The van der Waals surface area contributed by atoms with Gasteiger partial charge in [-0.25, -0.2) is 4.98 Å². The van der Waals surface area contributed by atoms with Gasteiger partial charge in [0.05, 0.1) is 5.41 Å². The molecule has 0 aromatic carbocycles. The van der Waals surface area contributed by atoms with Crippen molar-refractivity contribution < 1.29 is 9.59 Å². The summed E-state index contributed by atoms with van der Waals surface area (Å²) in [4.78, 5) is 32.7. The van der Waals surface area contributed by atoms with E-state index in [0.717, 1.165) is 38.8 Å². The van der Waals surface area contributed by atoms with Crippen LogP contribution < -0.4 is 0 Å². The first-order valence-corrected chi connectivity index (χ1v) is 7.60. The molecule has 1 spiro atoms. The third kappa shape index (κ3) is 2.41. The Morgan fingerprint density at radius 2 is 2.29 bits per heavy atom. The molecule has 0 saturated carbocycles. The molecule has 7 heteroatoms. The first-order valence-electron chi connectivity index (χ1n) is 7.60. The van der Waals surface area contributed by atoms with Gasteiger partial charge in [0.2, 0.25) is 11.7 Å². The van der Waals surface area contributed by atoms with Crippen LogP contribution in [0.4, 0.5) is 0 Å². The number of nitrogens with zero attached hydrogens (tertiary/aromatic N) is 4. The lowest BCUT2D eigenvalue weighted by atomic mass is 9.78. The van der Waals surface area contributed by atoms with Gasteiger partial charge in [-0.1, -0.05) is 6.92 Å². The number of aromatic nitrogens is 3. The molecule has 1 atom stereocenters. The van der Waals surface area contributed by atoms with Gasteiger partial charge >= 0.3 is 0 Å². The minimum Gasteiger partial charge on any atom is -0.342 e. The molecule has 2 aliphatic heterocycles. The fourth-order valence-electron chi connectivity index (χ4n) is 3.52. The van der Waals surface area contributed by atoms with Crippen molar-refractivity contribution >= 4 is 11.8 Å². The van der Waals surface area contributed by atoms with E-state index < -0.39 is 0 Å². The molecule has 0 aliphatic carbocycles. The van der Waals surface area contributed by atoms with Crippen LogP contribution in [0.25, 0.3) is 0 Å². The monoisotopic (exact) mass is 291 g/mol. The zero-order chi connectivity index (χ0) is 14.9. The highest BCUT2D eigenvalue weighted by molar-refractivity contribution is 5.92. The third-order valence-electron chi connectivity index (χ3n) is 4.58. The fourth-order valence-corrected chi connectivity index (χ4v) is 3.52. The predicted octanol–water partition coefficient (Wildman–Crippen LogP) is 0.669. The smallest absolute Gasteiger partial charge is 0.291 e. The molecular formula is C14H21N5O2. The van der Waals surface area contributed by atoms with Crippen molar-refractivity contribution in [3.63, 3.8) is 0 Å². The normalized spacial score (nSPS) is 25.9. The van der Waals surface area contributed by atoms with Crippen LogP contribution in [0.15, 0.2) is 6.33 Å². The van der Waals surface area contributed by atoms with E-state index in [1.165, 1.54) is 6.33 Å². The zero-order valence-electron chi connectivity index (χ0n) is 12.3. The van der Waals surface area contributed by atoms with E-state index in [1.807, 2.05) is 4.90 Å². The molecule has 2 aliphatic rings. The number of hydrogen-bond donors (Lipinski definition) is 1. The van der Waals surface area contributed by atoms with Crippen molar-refractivity contribution in [2.75, 3.05) is 26.2 Å². The van der Waals surface area contributed by atoms with Crippen LogP contribution in [0, 0.1) is 5.41 Å². The molecular weight excluding hydrogens is 270 g/mol. The highest BCUT2D eigenvalue weighted by Gasteiger charge is 2.49. The summed E-state index contributed by atoms with van der Waals surface area (Å²) in [6, 6.07) is 0. The van der Waals surface area contributed by atoms with Crippen molar-refractivity contribution in [3.8, 4) is 0 Å². The molecule has 2 saturated heterocycles. The SMILES string of the molecule is CCCN1CCC[C@@]2(CCN(C(=O)c3ncn[nH]3)C2)C1=O. The van der Waals surface area contributed by atoms with Gasteiger partial charge in [0, 0.05) is 26.2 Å². The van der Waals surface area contributed by atoms with Crippen LogP contribution in [0.5, 0.6) is 0 Å². The van der Waals surface area contributed by atoms with E-state index in [0.29, 0.717) is 13.1 Å². The molecule has 1 aromatic heterocycles. The summed E-state index contributed by atoms with van der Waals surface area (Å²) in [6.07, 6.45) is 4.96. The Labute approximate surface area is 123 Å². The highest BCUT2D eigenvalue weighted by atomic mass is 16.2. The van der Waals surface area contributed by atoms with Crippen molar-refractivity contribution in [3.05, 3.63) is 12.2 Å². The van der Waals surface area contributed by atoms with Crippen molar-refractivity contribution in [1.29, 1.82) is 0 Å². The van der Waals surface area contributed by atoms with Crippen LogP contribution in [0.2, 0.25) is 0 Å². The summed E-state index contributed by atoms with van der Waals surface area (Å²) >= 11 is 0. The van der Waals surface area contributed by atoms with Crippen LogP contribution in [0.1, 0.15) is 43.2 Å². The molecule has 7 nitrogen and oxygen atoms in total. The molecule has 2 amide bonds. The first kappa shape index (κ1) is 14.0. The second-order valence-corrected chi connectivity index (χ2v) is 5.99. The number of hydrogen-bond acceptors (Lipinski definition) is 4. The number of rotatable bonds is 3. The molecule has 3 rings (SSSR count). The molecule has 114 valence electrons. The molecule has 0 radical (unpaired) electrons. The number of aromatic amines is 1. The lowest BCUT2D eigenvalue weighted by molar-refractivity contribution is -0.145. The Hall–Kier alpha value is -1.92. The average Bonchev–Trinajstić information content (AvgIpc) is 3.14. The fraction of sp³-hybridized carbons (Fsp3) is 0.714. The van der Waals surface area contributed by atoms with Crippen LogP contribution in [0.3, 0.4) is 0 Å². The summed E-state index contributed by atoms with van der Waals surface area (Å²) < 4.78 is 0. The molecule has 1 N–H and O–H groups in total. The van der Waals surface area contributed by atoms with E-state index >= 15 is 0 Å². The van der Waals surface area contributed by atoms with Gasteiger partial charge in [0.25, 0.3) is 5.91 Å². The summed E-state index contributed by atoms with van der Waals surface area (Å²) in [7, 11) is 0.